The van der Waals surface area contributed by atoms with E-state index in [0.717, 1.165) is 28.7 Å². The molecule has 1 aromatic carbocycles. The lowest BCUT2D eigenvalue weighted by Gasteiger charge is -2.16. The molecule has 0 aliphatic carbocycles. The van der Waals surface area contributed by atoms with Crippen LogP contribution in [-0.4, -0.2) is 34.2 Å². The van der Waals surface area contributed by atoms with Crippen molar-refractivity contribution in [3.63, 3.8) is 0 Å². The standard InChI is InChI=1S/C17H19N3S2/c1-13-10-15-16(18-12-19-17(15)22-13)21-9-8-20(2)11-14-6-4-3-5-7-14/h3-7,10,12H,8-9,11H2,1-2H3. The van der Waals surface area contributed by atoms with Crippen molar-refractivity contribution in [3.8, 4) is 0 Å². The number of hydrogen-bond acceptors (Lipinski definition) is 5. The lowest BCUT2D eigenvalue weighted by atomic mass is 10.2. The topological polar surface area (TPSA) is 29.0 Å². The summed E-state index contributed by atoms with van der Waals surface area (Å²) in [6.07, 6.45) is 1.67. The van der Waals surface area contributed by atoms with E-state index in [1.807, 2.05) is 11.8 Å². The van der Waals surface area contributed by atoms with E-state index in [1.54, 1.807) is 17.7 Å². The third-order valence-electron chi connectivity index (χ3n) is 3.42. The fourth-order valence-corrected chi connectivity index (χ4v) is 4.28. The highest BCUT2D eigenvalue weighted by Crippen LogP contribution is 2.30. The second-order valence-corrected chi connectivity index (χ2v) is 7.64. The second kappa shape index (κ2) is 7.22. The molecule has 0 aliphatic heterocycles. The minimum atomic E-state index is 0.984. The molecule has 3 rings (SSSR count). The Labute approximate surface area is 139 Å². The van der Waals surface area contributed by atoms with Crippen molar-refractivity contribution < 1.29 is 0 Å². The van der Waals surface area contributed by atoms with Gasteiger partial charge in [0.25, 0.3) is 0 Å². The predicted molar refractivity (Wildman–Crippen MR) is 95.7 cm³/mol. The summed E-state index contributed by atoms with van der Waals surface area (Å²) in [6, 6.07) is 12.8. The Morgan fingerprint density at radius 2 is 2.00 bits per heavy atom. The highest BCUT2D eigenvalue weighted by Gasteiger charge is 2.08. The van der Waals surface area contributed by atoms with E-state index in [2.05, 4.69) is 65.2 Å². The summed E-state index contributed by atoms with van der Waals surface area (Å²) in [5.74, 6) is 1.03. The predicted octanol–water partition coefficient (Wildman–Crippen LogP) is 4.22. The van der Waals surface area contributed by atoms with Crippen LogP contribution in [-0.2, 0) is 6.54 Å². The quantitative estimate of drug-likeness (QED) is 0.500. The molecule has 0 aliphatic rings. The van der Waals surface area contributed by atoms with Crippen LogP contribution >= 0.6 is 23.1 Å². The molecule has 0 radical (unpaired) electrons. The van der Waals surface area contributed by atoms with E-state index >= 15 is 0 Å². The molecule has 0 atom stereocenters. The number of benzene rings is 1. The average Bonchev–Trinajstić information content (AvgIpc) is 2.89. The highest BCUT2D eigenvalue weighted by molar-refractivity contribution is 7.99. The van der Waals surface area contributed by atoms with Crippen molar-refractivity contribution in [2.24, 2.45) is 0 Å². The number of aromatic nitrogens is 2. The summed E-state index contributed by atoms with van der Waals surface area (Å²) < 4.78 is 0. The van der Waals surface area contributed by atoms with Gasteiger partial charge < -0.3 is 4.90 Å². The van der Waals surface area contributed by atoms with Gasteiger partial charge in [0, 0.05) is 29.1 Å². The van der Waals surface area contributed by atoms with Gasteiger partial charge >= 0.3 is 0 Å². The Kier molecular flexibility index (Phi) is 5.08. The van der Waals surface area contributed by atoms with Crippen molar-refractivity contribution in [1.82, 2.24) is 14.9 Å². The van der Waals surface area contributed by atoms with Gasteiger partial charge in [0.15, 0.2) is 0 Å². The first-order valence-electron chi connectivity index (χ1n) is 7.29. The summed E-state index contributed by atoms with van der Waals surface area (Å²) in [5, 5.41) is 2.29. The average molecular weight is 329 g/mol. The number of rotatable bonds is 6. The van der Waals surface area contributed by atoms with Crippen LogP contribution in [0.1, 0.15) is 10.4 Å². The van der Waals surface area contributed by atoms with Crippen molar-refractivity contribution in [2.45, 2.75) is 18.5 Å². The summed E-state index contributed by atoms with van der Waals surface area (Å²) in [6.45, 7) is 4.14. The van der Waals surface area contributed by atoms with Gasteiger partial charge in [-0.1, -0.05) is 30.3 Å². The zero-order valence-corrected chi connectivity index (χ0v) is 14.5. The Morgan fingerprint density at radius 3 is 2.82 bits per heavy atom. The van der Waals surface area contributed by atoms with E-state index in [4.69, 9.17) is 0 Å². The molecule has 0 spiro atoms. The third-order valence-corrected chi connectivity index (χ3v) is 5.37. The molecule has 3 nitrogen and oxygen atoms in total. The summed E-state index contributed by atoms with van der Waals surface area (Å²) in [5.41, 5.74) is 1.35. The van der Waals surface area contributed by atoms with Crippen LogP contribution in [0.5, 0.6) is 0 Å². The molecule has 0 unspecified atom stereocenters. The minimum Gasteiger partial charge on any atom is -0.301 e. The monoisotopic (exact) mass is 329 g/mol. The number of thiophene rings is 1. The molecule has 114 valence electrons. The Morgan fingerprint density at radius 1 is 1.18 bits per heavy atom. The first kappa shape index (κ1) is 15.5. The van der Waals surface area contributed by atoms with Crippen molar-refractivity contribution >= 4 is 33.3 Å². The lowest BCUT2D eigenvalue weighted by Crippen LogP contribution is -2.20. The fourth-order valence-electron chi connectivity index (χ4n) is 2.34. The number of hydrogen-bond donors (Lipinski definition) is 0. The largest absolute Gasteiger partial charge is 0.301 e. The van der Waals surface area contributed by atoms with E-state index in [1.165, 1.54) is 15.8 Å². The minimum absolute atomic E-state index is 0.984. The molecule has 5 heteroatoms. The molecule has 0 fully saturated rings. The molecule has 2 heterocycles. The number of aryl methyl sites for hydroxylation is 1. The summed E-state index contributed by atoms with van der Waals surface area (Å²) in [7, 11) is 2.16. The zero-order valence-electron chi connectivity index (χ0n) is 12.8. The Balaban J connectivity index is 1.56. The summed E-state index contributed by atoms with van der Waals surface area (Å²) in [4.78, 5) is 13.5. The fraction of sp³-hybridized carbons (Fsp3) is 0.294. The van der Waals surface area contributed by atoms with Crippen LogP contribution in [0, 0.1) is 6.92 Å². The highest BCUT2D eigenvalue weighted by atomic mass is 32.2. The number of nitrogens with zero attached hydrogens (tertiary/aromatic N) is 3. The van der Waals surface area contributed by atoms with Crippen LogP contribution < -0.4 is 0 Å². The van der Waals surface area contributed by atoms with Crippen LogP contribution in [0.2, 0.25) is 0 Å². The SMILES string of the molecule is Cc1cc2c(SCCN(C)Cc3ccccc3)ncnc2s1. The van der Waals surface area contributed by atoms with E-state index in [-0.39, 0.29) is 0 Å². The molecule has 0 bridgehead atoms. The van der Waals surface area contributed by atoms with Crippen LogP contribution in [0.15, 0.2) is 47.8 Å². The van der Waals surface area contributed by atoms with Gasteiger partial charge in [-0.3, -0.25) is 0 Å². The van der Waals surface area contributed by atoms with Gasteiger partial charge in [-0.25, -0.2) is 9.97 Å². The molecule has 2 aromatic heterocycles. The maximum absolute atomic E-state index is 4.44. The van der Waals surface area contributed by atoms with Gasteiger partial charge in [-0.2, -0.15) is 0 Å². The van der Waals surface area contributed by atoms with Crippen molar-refractivity contribution in [3.05, 3.63) is 53.2 Å². The van der Waals surface area contributed by atoms with Crippen molar-refractivity contribution in [2.75, 3.05) is 19.3 Å². The molecule has 22 heavy (non-hydrogen) atoms. The molecule has 3 aromatic rings. The lowest BCUT2D eigenvalue weighted by molar-refractivity contribution is 0.348. The van der Waals surface area contributed by atoms with Gasteiger partial charge in [0.1, 0.15) is 16.2 Å². The first-order valence-corrected chi connectivity index (χ1v) is 9.09. The normalized spacial score (nSPS) is 11.4. The number of fused-ring (bicyclic) bond motifs is 1. The molecule has 0 N–H and O–H groups in total. The van der Waals surface area contributed by atoms with Gasteiger partial charge in [0.2, 0.25) is 0 Å². The van der Waals surface area contributed by atoms with Crippen LogP contribution in [0.3, 0.4) is 0 Å². The number of thioether (sulfide) groups is 1. The molecular weight excluding hydrogens is 310 g/mol. The Bertz CT molecular complexity index is 740. The van der Waals surface area contributed by atoms with Gasteiger partial charge in [-0.05, 0) is 25.6 Å². The third kappa shape index (κ3) is 3.85. The van der Waals surface area contributed by atoms with Crippen LogP contribution in [0.4, 0.5) is 0 Å². The maximum atomic E-state index is 4.44. The first-order chi connectivity index (χ1) is 10.7. The van der Waals surface area contributed by atoms with E-state index < -0.39 is 0 Å². The smallest absolute Gasteiger partial charge is 0.128 e. The summed E-state index contributed by atoms with van der Waals surface area (Å²) >= 11 is 3.55. The molecule has 0 amide bonds. The van der Waals surface area contributed by atoms with Gasteiger partial charge in [-0.15, -0.1) is 23.1 Å². The molecule has 0 saturated heterocycles. The zero-order chi connectivity index (χ0) is 15.4. The van der Waals surface area contributed by atoms with Crippen molar-refractivity contribution in [1.29, 1.82) is 0 Å². The second-order valence-electron chi connectivity index (χ2n) is 5.33. The maximum Gasteiger partial charge on any atom is 0.128 e. The Hall–Kier alpha value is -1.43. The molecule has 0 saturated carbocycles. The van der Waals surface area contributed by atoms with Gasteiger partial charge in [0.05, 0.1) is 0 Å². The molecular formula is C17H19N3S2. The van der Waals surface area contributed by atoms with E-state index in [9.17, 15) is 0 Å². The van der Waals surface area contributed by atoms with E-state index in [0.29, 0.717) is 0 Å². The van der Waals surface area contributed by atoms with Crippen LogP contribution in [0.25, 0.3) is 10.2 Å².